The molecule has 1 fully saturated rings. The minimum absolute atomic E-state index is 0.189. The van der Waals surface area contributed by atoms with Gasteiger partial charge in [-0.1, -0.05) is 24.3 Å². The zero-order valence-electron chi connectivity index (χ0n) is 16.8. The molecule has 0 saturated heterocycles. The number of nitrogens with zero attached hydrogens (tertiary/aromatic N) is 4. The number of aromatic nitrogens is 2. The summed E-state index contributed by atoms with van der Waals surface area (Å²) in [6, 6.07) is 8.29. The molecule has 0 N–H and O–H groups in total. The third-order valence-corrected chi connectivity index (χ3v) is 5.49. The maximum Gasteiger partial charge on any atom is 0.245 e. The Balaban J connectivity index is 1.94. The Labute approximate surface area is 156 Å². The minimum atomic E-state index is -0.255. The van der Waals surface area contributed by atoms with Crippen molar-refractivity contribution in [1.82, 2.24) is 19.6 Å². The van der Waals surface area contributed by atoms with E-state index in [-0.39, 0.29) is 11.9 Å². The van der Waals surface area contributed by atoms with Crippen LogP contribution in [0.2, 0.25) is 0 Å². The van der Waals surface area contributed by atoms with Gasteiger partial charge in [0.1, 0.15) is 6.04 Å². The highest BCUT2D eigenvalue weighted by Crippen LogP contribution is 2.34. The number of carbonyl (C=O) groups excluding carboxylic acids is 1. The average molecular weight is 354 g/mol. The van der Waals surface area contributed by atoms with E-state index in [0.29, 0.717) is 12.6 Å². The zero-order chi connectivity index (χ0) is 19.0. The first kappa shape index (κ1) is 18.6. The summed E-state index contributed by atoms with van der Waals surface area (Å²) in [5.41, 5.74) is 5.57. The van der Waals surface area contributed by atoms with Gasteiger partial charge in [0.2, 0.25) is 5.91 Å². The molecule has 5 nitrogen and oxygen atoms in total. The standard InChI is InChI=1S/C21H30N4O/c1-14-9-7-8-10-18(14)20(23(4)5)21(26)25(17-11-12-17)13-19-15(2)22-24(6)16(19)3/h7-10,17,20H,11-13H2,1-6H3. The summed E-state index contributed by atoms with van der Waals surface area (Å²) in [6.45, 7) is 6.83. The summed E-state index contributed by atoms with van der Waals surface area (Å²) in [7, 11) is 5.94. The molecule has 1 saturated carbocycles. The van der Waals surface area contributed by atoms with Gasteiger partial charge in [-0.25, -0.2) is 0 Å². The number of amides is 1. The van der Waals surface area contributed by atoms with Crippen molar-refractivity contribution in [3.8, 4) is 0 Å². The first-order valence-corrected chi connectivity index (χ1v) is 9.32. The Morgan fingerprint density at radius 1 is 1.23 bits per heavy atom. The van der Waals surface area contributed by atoms with Gasteiger partial charge >= 0.3 is 0 Å². The first-order valence-electron chi connectivity index (χ1n) is 9.32. The van der Waals surface area contributed by atoms with Gasteiger partial charge in [-0.15, -0.1) is 0 Å². The number of carbonyl (C=O) groups is 1. The first-order chi connectivity index (χ1) is 12.3. The Kier molecular flexibility index (Phi) is 5.19. The molecule has 3 rings (SSSR count). The molecule has 1 aliphatic carbocycles. The fraction of sp³-hybridized carbons (Fsp3) is 0.524. The molecule has 0 radical (unpaired) electrons. The van der Waals surface area contributed by atoms with E-state index in [2.05, 4.69) is 36.0 Å². The van der Waals surface area contributed by atoms with Gasteiger partial charge in [-0.2, -0.15) is 5.10 Å². The number of likely N-dealkylation sites (N-methyl/N-ethyl adjacent to an activating group) is 1. The lowest BCUT2D eigenvalue weighted by Gasteiger charge is -2.32. The number of aryl methyl sites for hydroxylation is 3. The molecule has 0 aliphatic heterocycles. The molecule has 1 atom stereocenters. The molecule has 1 unspecified atom stereocenters. The van der Waals surface area contributed by atoms with E-state index in [1.54, 1.807) is 0 Å². The molecule has 1 aromatic carbocycles. The summed E-state index contributed by atoms with van der Waals surface area (Å²) < 4.78 is 1.91. The number of rotatable bonds is 6. The van der Waals surface area contributed by atoms with Crippen LogP contribution in [0.4, 0.5) is 0 Å². The molecule has 1 amide bonds. The highest BCUT2D eigenvalue weighted by atomic mass is 16.2. The van der Waals surface area contributed by atoms with E-state index >= 15 is 0 Å². The minimum Gasteiger partial charge on any atom is -0.334 e. The normalized spacial score (nSPS) is 15.3. The topological polar surface area (TPSA) is 41.4 Å². The Morgan fingerprint density at radius 2 is 1.88 bits per heavy atom. The van der Waals surface area contributed by atoms with Crippen LogP contribution in [-0.4, -0.2) is 45.6 Å². The lowest BCUT2D eigenvalue weighted by molar-refractivity contribution is -0.137. The van der Waals surface area contributed by atoms with Gasteiger partial charge in [-0.05, 0) is 58.8 Å². The quantitative estimate of drug-likeness (QED) is 0.800. The Morgan fingerprint density at radius 3 is 2.38 bits per heavy atom. The predicted octanol–water partition coefficient (Wildman–Crippen LogP) is 3.14. The van der Waals surface area contributed by atoms with Crippen LogP contribution < -0.4 is 0 Å². The second kappa shape index (κ2) is 7.23. The van der Waals surface area contributed by atoms with Crippen molar-refractivity contribution in [1.29, 1.82) is 0 Å². The van der Waals surface area contributed by atoms with E-state index < -0.39 is 0 Å². The van der Waals surface area contributed by atoms with Gasteiger partial charge in [0, 0.05) is 30.9 Å². The summed E-state index contributed by atoms with van der Waals surface area (Å²) >= 11 is 0. The van der Waals surface area contributed by atoms with Crippen LogP contribution in [0.5, 0.6) is 0 Å². The van der Waals surface area contributed by atoms with Crippen LogP contribution in [0.25, 0.3) is 0 Å². The van der Waals surface area contributed by atoms with Gasteiger partial charge in [-0.3, -0.25) is 14.4 Å². The van der Waals surface area contributed by atoms with E-state index in [9.17, 15) is 4.79 Å². The van der Waals surface area contributed by atoms with Gasteiger partial charge in [0.25, 0.3) is 0 Å². The summed E-state index contributed by atoms with van der Waals surface area (Å²) in [4.78, 5) is 17.7. The molecule has 1 aromatic heterocycles. The van der Waals surface area contributed by atoms with E-state index in [0.717, 1.165) is 35.4 Å². The molecule has 1 heterocycles. The molecule has 140 valence electrons. The molecular formula is C21H30N4O. The summed E-state index contributed by atoms with van der Waals surface area (Å²) in [6.07, 6.45) is 2.19. The molecule has 0 spiro atoms. The number of hydrogen-bond acceptors (Lipinski definition) is 3. The van der Waals surface area contributed by atoms with Crippen molar-refractivity contribution in [3.05, 3.63) is 52.3 Å². The Hall–Kier alpha value is -2.14. The fourth-order valence-corrected chi connectivity index (χ4v) is 3.67. The lowest BCUT2D eigenvalue weighted by Crippen LogP contribution is -2.41. The predicted molar refractivity (Wildman–Crippen MR) is 104 cm³/mol. The summed E-state index contributed by atoms with van der Waals surface area (Å²) in [5.74, 6) is 0.189. The van der Waals surface area contributed by atoms with Crippen molar-refractivity contribution in [3.63, 3.8) is 0 Å². The smallest absolute Gasteiger partial charge is 0.245 e. The third-order valence-electron chi connectivity index (χ3n) is 5.49. The van der Waals surface area contributed by atoms with E-state index in [1.807, 2.05) is 49.8 Å². The maximum absolute atomic E-state index is 13.6. The zero-order valence-corrected chi connectivity index (χ0v) is 16.8. The van der Waals surface area contributed by atoms with Gasteiger partial charge < -0.3 is 4.90 Å². The maximum atomic E-state index is 13.6. The third kappa shape index (κ3) is 3.54. The Bertz CT molecular complexity index is 804. The fourth-order valence-electron chi connectivity index (χ4n) is 3.67. The molecule has 26 heavy (non-hydrogen) atoms. The second-order valence-electron chi connectivity index (χ2n) is 7.69. The van der Waals surface area contributed by atoms with Crippen molar-refractivity contribution >= 4 is 5.91 Å². The SMILES string of the molecule is Cc1ccccc1C(C(=O)N(Cc1c(C)nn(C)c1C)C1CC1)N(C)C. The van der Waals surface area contributed by atoms with Crippen molar-refractivity contribution in [2.45, 2.75) is 52.2 Å². The molecular weight excluding hydrogens is 324 g/mol. The van der Waals surface area contributed by atoms with Crippen LogP contribution in [0.3, 0.4) is 0 Å². The van der Waals surface area contributed by atoms with E-state index in [4.69, 9.17) is 0 Å². The number of hydrogen-bond donors (Lipinski definition) is 0. The van der Waals surface area contributed by atoms with Gasteiger partial charge in [0.15, 0.2) is 0 Å². The molecule has 0 bridgehead atoms. The van der Waals surface area contributed by atoms with Crippen LogP contribution in [0.15, 0.2) is 24.3 Å². The highest BCUT2D eigenvalue weighted by Gasteiger charge is 2.38. The lowest BCUT2D eigenvalue weighted by atomic mass is 9.99. The van der Waals surface area contributed by atoms with Crippen LogP contribution in [-0.2, 0) is 18.4 Å². The largest absolute Gasteiger partial charge is 0.334 e. The molecule has 5 heteroatoms. The second-order valence-corrected chi connectivity index (χ2v) is 7.69. The average Bonchev–Trinajstić information content (AvgIpc) is 3.37. The molecule has 1 aliphatic rings. The number of benzene rings is 1. The van der Waals surface area contributed by atoms with Crippen LogP contribution in [0, 0.1) is 20.8 Å². The van der Waals surface area contributed by atoms with Crippen molar-refractivity contribution < 1.29 is 4.79 Å². The van der Waals surface area contributed by atoms with E-state index in [1.165, 1.54) is 5.56 Å². The van der Waals surface area contributed by atoms with Crippen molar-refractivity contribution in [2.75, 3.05) is 14.1 Å². The van der Waals surface area contributed by atoms with Gasteiger partial charge in [0.05, 0.1) is 5.69 Å². The highest BCUT2D eigenvalue weighted by molar-refractivity contribution is 5.84. The molecule has 2 aromatic rings. The van der Waals surface area contributed by atoms with Crippen molar-refractivity contribution in [2.24, 2.45) is 7.05 Å². The summed E-state index contributed by atoms with van der Waals surface area (Å²) in [5, 5.41) is 4.52. The monoisotopic (exact) mass is 354 g/mol. The van der Waals surface area contributed by atoms with Crippen LogP contribution in [0.1, 0.15) is 47.0 Å². The van der Waals surface area contributed by atoms with Crippen LogP contribution >= 0.6 is 0 Å².